The van der Waals surface area contributed by atoms with Crippen molar-refractivity contribution < 1.29 is 14.3 Å². The summed E-state index contributed by atoms with van der Waals surface area (Å²) in [4.78, 5) is 28.7. The van der Waals surface area contributed by atoms with E-state index in [1.807, 2.05) is 36.1 Å². The second-order valence-electron chi connectivity index (χ2n) is 6.95. The average molecular weight is 377 g/mol. The first-order valence-electron chi connectivity index (χ1n) is 9.10. The molecule has 0 aromatic heterocycles. The van der Waals surface area contributed by atoms with Crippen molar-refractivity contribution in [3.05, 3.63) is 47.5 Å². The molecule has 0 aliphatic carbocycles. The van der Waals surface area contributed by atoms with Gasteiger partial charge < -0.3 is 14.5 Å². The fourth-order valence-corrected chi connectivity index (χ4v) is 4.09. The van der Waals surface area contributed by atoms with Crippen molar-refractivity contribution in [3.8, 4) is 0 Å². The molecule has 26 heavy (non-hydrogen) atoms. The van der Waals surface area contributed by atoms with Crippen LogP contribution in [0, 0.1) is 5.92 Å². The lowest BCUT2D eigenvalue weighted by Crippen LogP contribution is -2.53. The van der Waals surface area contributed by atoms with E-state index in [4.69, 9.17) is 16.3 Å². The highest BCUT2D eigenvalue weighted by molar-refractivity contribution is 6.30. The minimum Gasteiger partial charge on any atom is -0.370 e. The second-order valence-corrected chi connectivity index (χ2v) is 7.38. The molecule has 6 heteroatoms. The van der Waals surface area contributed by atoms with Crippen LogP contribution in [0.4, 0.5) is 0 Å². The quantitative estimate of drug-likeness (QED) is 0.762. The molecular formula is C20H25ClN2O3. The number of piperidine rings is 1. The molecule has 1 unspecified atom stereocenters. The lowest BCUT2D eigenvalue weighted by atomic mass is 9.93. The van der Waals surface area contributed by atoms with Crippen molar-refractivity contribution in [3.63, 3.8) is 0 Å². The normalized spacial score (nSPS) is 26.5. The topological polar surface area (TPSA) is 49.9 Å². The molecule has 3 rings (SSSR count). The lowest BCUT2D eigenvalue weighted by Gasteiger charge is -2.42. The molecule has 0 spiro atoms. The van der Waals surface area contributed by atoms with Gasteiger partial charge in [0.2, 0.25) is 11.8 Å². The maximum absolute atomic E-state index is 13.1. The first-order valence-corrected chi connectivity index (χ1v) is 9.48. The van der Waals surface area contributed by atoms with Crippen molar-refractivity contribution in [2.75, 3.05) is 26.2 Å². The fraction of sp³-hybridized carbons (Fsp3) is 0.500. The first-order chi connectivity index (χ1) is 12.5. The summed E-state index contributed by atoms with van der Waals surface area (Å²) in [6.07, 6.45) is 2.78. The van der Waals surface area contributed by atoms with E-state index in [1.54, 1.807) is 4.90 Å². The van der Waals surface area contributed by atoms with Gasteiger partial charge in [0.15, 0.2) is 0 Å². The SMILES string of the molecule is C=CC(=O)N1CCCC(C(=O)N2CCO[C@H](c3cccc(Cl)c3)[C@H]2C)C1. The van der Waals surface area contributed by atoms with E-state index in [-0.39, 0.29) is 29.9 Å². The summed E-state index contributed by atoms with van der Waals surface area (Å²) in [5, 5.41) is 0.660. The summed E-state index contributed by atoms with van der Waals surface area (Å²) < 4.78 is 5.95. The third kappa shape index (κ3) is 3.94. The molecule has 2 amide bonds. The smallest absolute Gasteiger partial charge is 0.245 e. The molecule has 0 bridgehead atoms. The van der Waals surface area contributed by atoms with Gasteiger partial charge in [0, 0.05) is 24.7 Å². The number of hydrogen-bond donors (Lipinski definition) is 0. The Bertz CT molecular complexity index is 693. The van der Waals surface area contributed by atoms with Gasteiger partial charge in [-0.1, -0.05) is 30.3 Å². The van der Waals surface area contributed by atoms with Gasteiger partial charge >= 0.3 is 0 Å². The average Bonchev–Trinajstić information content (AvgIpc) is 2.67. The Labute approximate surface area is 159 Å². The van der Waals surface area contributed by atoms with Crippen LogP contribution in [0.2, 0.25) is 5.02 Å². The summed E-state index contributed by atoms with van der Waals surface area (Å²) in [6.45, 7) is 7.78. The largest absolute Gasteiger partial charge is 0.370 e. The predicted octanol–water partition coefficient (Wildman–Crippen LogP) is 3.05. The molecule has 5 nitrogen and oxygen atoms in total. The highest BCUT2D eigenvalue weighted by atomic mass is 35.5. The summed E-state index contributed by atoms with van der Waals surface area (Å²) >= 11 is 6.11. The Morgan fingerprint density at radius 2 is 2.15 bits per heavy atom. The lowest BCUT2D eigenvalue weighted by molar-refractivity contribution is -0.152. The van der Waals surface area contributed by atoms with Crippen LogP contribution >= 0.6 is 11.6 Å². The molecule has 2 fully saturated rings. The van der Waals surface area contributed by atoms with Crippen molar-refractivity contribution in [2.24, 2.45) is 5.92 Å². The summed E-state index contributed by atoms with van der Waals surface area (Å²) in [5.74, 6) is -0.156. The maximum Gasteiger partial charge on any atom is 0.245 e. The van der Waals surface area contributed by atoms with Crippen LogP contribution in [-0.2, 0) is 14.3 Å². The molecule has 2 saturated heterocycles. The van der Waals surface area contributed by atoms with Gasteiger partial charge in [0.05, 0.1) is 18.6 Å². The minimum atomic E-state index is -0.194. The Hall–Kier alpha value is -1.85. The molecule has 3 atom stereocenters. The standard InChI is InChI=1S/C20H25ClN2O3/c1-3-18(24)22-9-5-7-16(13-22)20(25)23-10-11-26-19(14(23)2)15-6-4-8-17(21)12-15/h3-4,6,8,12,14,16,19H,1,5,7,9-11,13H2,2H3/t14-,16?,19+/m1/s1. The van der Waals surface area contributed by atoms with E-state index in [0.29, 0.717) is 31.3 Å². The van der Waals surface area contributed by atoms with Crippen LogP contribution in [0.25, 0.3) is 0 Å². The van der Waals surface area contributed by atoms with Crippen LogP contribution in [0.1, 0.15) is 31.4 Å². The van der Waals surface area contributed by atoms with E-state index >= 15 is 0 Å². The van der Waals surface area contributed by atoms with E-state index in [0.717, 1.165) is 18.4 Å². The Kier molecular flexibility index (Phi) is 5.99. The van der Waals surface area contributed by atoms with Gasteiger partial charge in [-0.3, -0.25) is 9.59 Å². The molecule has 140 valence electrons. The van der Waals surface area contributed by atoms with E-state index in [2.05, 4.69) is 6.58 Å². The van der Waals surface area contributed by atoms with Crippen LogP contribution in [0.5, 0.6) is 0 Å². The van der Waals surface area contributed by atoms with Crippen molar-refractivity contribution in [1.82, 2.24) is 9.80 Å². The van der Waals surface area contributed by atoms with E-state index in [1.165, 1.54) is 6.08 Å². The molecule has 2 aliphatic rings. The van der Waals surface area contributed by atoms with Gasteiger partial charge in [-0.05, 0) is 43.5 Å². The second kappa shape index (κ2) is 8.23. The number of carbonyl (C=O) groups excluding carboxylic acids is 2. The van der Waals surface area contributed by atoms with Crippen LogP contribution < -0.4 is 0 Å². The van der Waals surface area contributed by atoms with Gasteiger partial charge in [0.1, 0.15) is 6.10 Å². The van der Waals surface area contributed by atoms with Crippen molar-refractivity contribution in [1.29, 1.82) is 0 Å². The number of morpholine rings is 1. The van der Waals surface area contributed by atoms with Crippen LogP contribution in [0.3, 0.4) is 0 Å². The van der Waals surface area contributed by atoms with Crippen LogP contribution in [-0.4, -0.2) is 53.9 Å². The molecule has 0 radical (unpaired) electrons. The zero-order valence-electron chi connectivity index (χ0n) is 15.1. The first kappa shape index (κ1) is 18.9. The summed E-state index contributed by atoms with van der Waals surface area (Å²) in [5.41, 5.74) is 0.981. The zero-order chi connectivity index (χ0) is 18.7. The maximum atomic E-state index is 13.1. The van der Waals surface area contributed by atoms with Crippen molar-refractivity contribution in [2.45, 2.75) is 31.9 Å². The van der Waals surface area contributed by atoms with E-state index in [9.17, 15) is 9.59 Å². The Morgan fingerprint density at radius 1 is 1.35 bits per heavy atom. The number of halogens is 1. The number of benzene rings is 1. The Balaban J connectivity index is 1.72. The zero-order valence-corrected chi connectivity index (χ0v) is 15.8. The van der Waals surface area contributed by atoms with Gasteiger partial charge in [-0.15, -0.1) is 0 Å². The number of amides is 2. The number of hydrogen-bond acceptors (Lipinski definition) is 3. The highest BCUT2D eigenvalue weighted by Gasteiger charge is 2.37. The third-order valence-corrected chi connectivity index (χ3v) is 5.51. The van der Waals surface area contributed by atoms with Gasteiger partial charge in [-0.2, -0.15) is 0 Å². The minimum absolute atomic E-state index is 0.0831. The fourth-order valence-electron chi connectivity index (χ4n) is 3.90. The van der Waals surface area contributed by atoms with Gasteiger partial charge in [-0.25, -0.2) is 0 Å². The molecule has 0 N–H and O–H groups in total. The van der Waals surface area contributed by atoms with E-state index < -0.39 is 0 Å². The number of likely N-dealkylation sites (tertiary alicyclic amines) is 1. The monoisotopic (exact) mass is 376 g/mol. The summed E-state index contributed by atoms with van der Waals surface area (Å²) in [7, 11) is 0. The van der Waals surface area contributed by atoms with Crippen LogP contribution in [0.15, 0.2) is 36.9 Å². The number of nitrogens with zero attached hydrogens (tertiary/aromatic N) is 2. The van der Waals surface area contributed by atoms with Gasteiger partial charge in [0.25, 0.3) is 0 Å². The molecule has 1 aromatic rings. The van der Waals surface area contributed by atoms with Crippen molar-refractivity contribution >= 4 is 23.4 Å². The number of ether oxygens (including phenoxy) is 1. The highest BCUT2D eigenvalue weighted by Crippen LogP contribution is 2.31. The number of carbonyl (C=O) groups is 2. The molecular weight excluding hydrogens is 352 g/mol. The predicted molar refractivity (Wildman–Crippen MR) is 101 cm³/mol. The molecule has 1 aromatic carbocycles. The Morgan fingerprint density at radius 3 is 2.88 bits per heavy atom. The molecule has 2 heterocycles. The molecule has 2 aliphatic heterocycles. The number of rotatable bonds is 3. The summed E-state index contributed by atoms with van der Waals surface area (Å²) in [6, 6.07) is 7.51. The third-order valence-electron chi connectivity index (χ3n) is 5.28. The molecule has 0 saturated carbocycles.